The van der Waals surface area contributed by atoms with E-state index in [2.05, 4.69) is 10.1 Å². The highest BCUT2D eigenvalue weighted by Gasteiger charge is 2.30. The zero-order chi connectivity index (χ0) is 18.8. The number of likely N-dealkylation sites (tertiary alicyclic amines) is 1. The van der Waals surface area contributed by atoms with Crippen molar-refractivity contribution in [1.29, 1.82) is 0 Å². The van der Waals surface area contributed by atoms with Crippen molar-refractivity contribution in [2.24, 2.45) is 5.73 Å². The van der Waals surface area contributed by atoms with Crippen LogP contribution in [0.25, 0.3) is 16.4 Å². The van der Waals surface area contributed by atoms with Crippen LogP contribution in [-0.4, -0.2) is 44.7 Å². The predicted octanol–water partition coefficient (Wildman–Crippen LogP) is 3.51. The van der Waals surface area contributed by atoms with Gasteiger partial charge in [-0.25, -0.2) is 14.1 Å². The van der Waals surface area contributed by atoms with Crippen LogP contribution in [0.2, 0.25) is 0 Å². The van der Waals surface area contributed by atoms with Crippen molar-refractivity contribution in [3.05, 3.63) is 53.4 Å². The summed E-state index contributed by atoms with van der Waals surface area (Å²) in [5.74, 6) is 0.181. The van der Waals surface area contributed by atoms with E-state index in [1.807, 2.05) is 17.5 Å². The Bertz CT molecular complexity index is 928. The summed E-state index contributed by atoms with van der Waals surface area (Å²) in [6, 6.07) is 9.84. The van der Waals surface area contributed by atoms with Crippen LogP contribution in [0.5, 0.6) is 0 Å². The molecule has 0 bridgehead atoms. The molecular formula is C19H21ClFN5OS. The summed E-state index contributed by atoms with van der Waals surface area (Å²) in [6.07, 6.45) is 2.93. The Hall–Kier alpha value is -2.29. The maximum Gasteiger partial charge on any atom is 0.293 e. The third-order valence-electron chi connectivity index (χ3n) is 4.77. The SMILES string of the molecule is Cl.NCC1CCCCN1C(=O)c1nc(-c2cccs2)n(-c2ccc(F)cc2)n1. The molecule has 0 aliphatic carbocycles. The molecule has 1 saturated heterocycles. The molecule has 3 heterocycles. The summed E-state index contributed by atoms with van der Waals surface area (Å²) in [5.41, 5.74) is 6.51. The van der Waals surface area contributed by atoms with Crippen LogP contribution in [-0.2, 0) is 0 Å². The first-order valence-corrected chi connectivity index (χ1v) is 9.83. The molecule has 4 rings (SSSR count). The van der Waals surface area contributed by atoms with Crippen molar-refractivity contribution < 1.29 is 9.18 Å². The minimum absolute atomic E-state index is 0. The highest BCUT2D eigenvalue weighted by atomic mass is 35.5. The van der Waals surface area contributed by atoms with E-state index in [9.17, 15) is 9.18 Å². The van der Waals surface area contributed by atoms with Crippen molar-refractivity contribution in [2.75, 3.05) is 13.1 Å². The predicted molar refractivity (Wildman–Crippen MR) is 110 cm³/mol. The van der Waals surface area contributed by atoms with Gasteiger partial charge in [-0.1, -0.05) is 6.07 Å². The molecule has 1 amide bonds. The number of hydrogen-bond acceptors (Lipinski definition) is 5. The summed E-state index contributed by atoms with van der Waals surface area (Å²) in [5, 5.41) is 6.41. The Balaban J connectivity index is 0.00000225. The minimum Gasteiger partial charge on any atom is -0.332 e. The Kier molecular flexibility index (Phi) is 6.43. The van der Waals surface area contributed by atoms with Crippen LogP contribution in [0.4, 0.5) is 4.39 Å². The normalized spacial score (nSPS) is 16.6. The molecule has 9 heteroatoms. The van der Waals surface area contributed by atoms with Gasteiger partial charge in [0.15, 0.2) is 5.82 Å². The number of amides is 1. The summed E-state index contributed by atoms with van der Waals surface area (Å²) >= 11 is 1.51. The number of rotatable bonds is 4. The lowest BCUT2D eigenvalue weighted by atomic mass is 10.0. The van der Waals surface area contributed by atoms with Gasteiger partial charge in [0, 0.05) is 19.1 Å². The third kappa shape index (κ3) is 3.94. The molecule has 1 atom stereocenters. The zero-order valence-corrected chi connectivity index (χ0v) is 16.8. The van der Waals surface area contributed by atoms with Crippen LogP contribution < -0.4 is 5.73 Å². The minimum atomic E-state index is -0.327. The molecule has 2 N–H and O–H groups in total. The van der Waals surface area contributed by atoms with Crippen LogP contribution in [0.1, 0.15) is 29.9 Å². The molecule has 0 radical (unpaired) electrons. The van der Waals surface area contributed by atoms with E-state index in [0.29, 0.717) is 24.6 Å². The second-order valence-electron chi connectivity index (χ2n) is 6.51. The number of thiophene rings is 1. The number of piperidine rings is 1. The van der Waals surface area contributed by atoms with Gasteiger partial charge in [-0.05, 0) is 55.0 Å². The lowest BCUT2D eigenvalue weighted by molar-refractivity contribution is 0.0611. The van der Waals surface area contributed by atoms with Gasteiger partial charge >= 0.3 is 0 Å². The topological polar surface area (TPSA) is 77.0 Å². The van der Waals surface area contributed by atoms with Gasteiger partial charge in [0.2, 0.25) is 5.82 Å². The number of aromatic nitrogens is 3. The molecule has 1 unspecified atom stereocenters. The van der Waals surface area contributed by atoms with E-state index in [1.54, 1.807) is 21.7 Å². The van der Waals surface area contributed by atoms with Gasteiger partial charge in [0.25, 0.3) is 5.91 Å². The van der Waals surface area contributed by atoms with Gasteiger partial charge < -0.3 is 10.6 Å². The average Bonchev–Trinajstić information content (AvgIpc) is 3.37. The fourth-order valence-electron chi connectivity index (χ4n) is 3.37. The molecular weight excluding hydrogens is 401 g/mol. The van der Waals surface area contributed by atoms with E-state index in [1.165, 1.54) is 23.5 Å². The van der Waals surface area contributed by atoms with Crippen molar-refractivity contribution in [3.63, 3.8) is 0 Å². The van der Waals surface area contributed by atoms with E-state index >= 15 is 0 Å². The van der Waals surface area contributed by atoms with Crippen LogP contribution >= 0.6 is 23.7 Å². The maximum absolute atomic E-state index is 13.3. The van der Waals surface area contributed by atoms with Gasteiger partial charge in [-0.2, -0.15) is 0 Å². The molecule has 1 aromatic carbocycles. The Morgan fingerprint density at radius 3 is 2.71 bits per heavy atom. The molecule has 0 spiro atoms. The van der Waals surface area contributed by atoms with E-state index < -0.39 is 0 Å². The fourth-order valence-corrected chi connectivity index (χ4v) is 4.07. The standard InChI is InChI=1S/C19H20FN5OS.ClH/c20-13-6-8-14(9-7-13)25-18(16-5-3-11-27-16)22-17(23-25)19(26)24-10-2-1-4-15(24)12-21;/h3,5-9,11,15H,1-2,4,10,12,21H2;1H. The molecule has 0 saturated carbocycles. The number of hydrogen-bond donors (Lipinski definition) is 1. The lowest BCUT2D eigenvalue weighted by Crippen LogP contribution is -2.47. The van der Waals surface area contributed by atoms with Gasteiger partial charge in [0.1, 0.15) is 5.82 Å². The molecule has 1 aliphatic rings. The monoisotopic (exact) mass is 421 g/mol. The van der Waals surface area contributed by atoms with Gasteiger partial charge in [-0.3, -0.25) is 4.79 Å². The Morgan fingerprint density at radius 1 is 1.25 bits per heavy atom. The van der Waals surface area contributed by atoms with E-state index in [4.69, 9.17) is 5.73 Å². The fraction of sp³-hybridized carbons (Fsp3) is 0.316. The Morgan fingerprint density at radius 2 is 2.04 bits per heavy atom. The summed E-state index contributed by atoms with van der Waals surface area (Å²) in [7, 11) is 0. The molecule has 28 heavy (non-hydrogen) atoms. The number of halogens is 2. The smallest absolute Gasteiger partial charge is 0.293 e. The molecule has 2 aromatic heterocycles. The Labute approximate surface area is 172 Å². The first kappa shape index (κ1) is 20.4. The van der Waals surface area contributed by atoms with Crippen molar-refractivity contribution in [3.8, 4) is 16.4 Å². The number of carbonyl (C=O) groups is 1. The molecule has 148 valence electrons. The molecule has 1 aliphatic heterocycles. The van der Waals surface area contributed by atoms with Crippen LogP contribution in [0.15, 0.2) is 41.8 Å². The average molecular weight is 422 g/mol. The second-order valence-corrected chi connectivity index (χ2v) is 7.46. The molecule has 1 fully saturated rings. The quantitative estimate of drug-likeness (QED) is 0.699. The lowest BCUT2D eigenvalue weighted by Gasteiger charge is -2.34. The second kappa shape index (κ2) is 8.81. The van der Waals surface area contributed by atoms with Crippen molar-refractivity contribution in [1.82, 2.24) is 19.7 Å². The maximum atomic E-state index is 13.3. The first-order chi connectivity index (χ1) is 13.2. The molecule has 6 nitrogen and oxygen atoms in total. The third-order valence-corrected chi connectivity index (χ3v) is 5.64. The number of carbonyl (C=O) groups excluding carboxylic acids is 1. The van der Waals surface area contributed by atoms with E-state index in [0.717, 1.165) is 24.1 Å². The van der Waals surface area contributed by atoms with Crippen LogP contribution in [0.3, 0.4) is 0 Å². The van der Waals surface area contributed by atoms with Gasteiger partial charge in [-0.15, -0.1) is 28.8 Å². The van der Waals surface area contributed by atoms with Crippen LogP contribution in [0, 0.1) is 5.82 Å². The summed E-state index contributed by atoms with van der Waals surface area (Å²) in [4.78, 5) is 20.3. The summed E-state index contributed by atoms with van der Waals surface area (Å²) < 4.78 is 14.9. The first-order valence-electron chi connectivity index (χ1n) is 8.95. The highest BCUT2D eigenvalue weighted by Crippen LogP contribution is 2.27. The highest BCUT2D eigenvalue weighted by molar-refractivity contribution is 7.13. The van der Waals surface area contributed by atoms with E-state index in [-0.39, 0.29) is 36.0 Å². The molecule has 3 aromatic rings. The van der Waals surface area contributed by atoms with Crippen molar-refractivity contribution in [2.45, 2.75) is 25.3 Å². The van der Waals surface area contributed by atoms with Gasteiger partial charge in [0.05, 0.1) is 10.6 Å². The zero-order valence-electron chi connectivity index (χ0n) is 15.1. The number of benzene rings is 1. The largest absolute Gasteiger partial charge is 0.332 e. The van der Waals surface area contributed by atoms with Crippen molar-refractivity contribution >= 4 is 29.7 Å². The number of nitrogens with two attached hydrogens (primary N) is 1. The number of nitrogens with zero attached hydrogens (tertiary/aromatic N) is 4. The summed E-state index contributed by atoms with van der Waals surface area (Å²) in [6.45, 7) is 1.10.